The van der Waals surface area contributed by atoms with Crippen molar-refractivity contribution in [1.82, 2.24) is 24.6 Å². The van der Waals surface area contributed by atoms with Crippen molar-refractivity contribution in [3.8, 4) is 11.5 Å². The Hall–Kier alpha value is -5.54. The number of sulfonamides is 1. The van der Waals surface area contributed by atoms with Crippen LogP contribution < -0.4 is 19.7 Å². The second-order valence-corrected chi connectivity index (χ2v) is 20.1. The molecule has 5 heterocycles. The van der Waals surface area contributed by atoms with Gasteiger partial charge in [-0.05, 0) is 118 Å². The number of benzene rings is 2. The summed E-state index contributed by atoms with van der Waals surface area (Å²) < 4.78 is 35.8. The molecule has 0 unspecified atom stereocenters. The predicted molar refractivity (Wildman–Crippen MR) is 237 cm³/mol. The lowest BCUT2D eigenvalue weighted by Gasteiger charge is -2.55. The van der Waals surface area contributed by atoms with E-state index in [1.807, 2.05) is 12.1 Å². The molecule has 3 aromatic heterocycles. The number of aromatic nitrogens is 3. The van der Waals surface area contributed by atoms with E-state index in [0.29, 0.717) is 35.9 Å². The number of ether oxygens (including phenoxy) is 1. The van der Waals surface area contributed by atoms with E-state index in [9.17, 15) is 23.3 Å². The molecule has 0 radical (unpaired) electrons. The summed E-state index contributed by atoms with van der Waals surface area (Å²) in [5.41, 5.74) is 4.42. The summed E-state index contributed by atoms with van der Waals surface area (Å²) in [5, 5.41) is 15.9. The average molecular weight is 859 g/mol. The Balaban J connectivity index is 0.840. The third-order valence-corrected chi connectivity index (χ3v) is 15.5. The summed E-state index contributed by atoms with van der Waals surface area (Å²) in [6.07, 6.45) is 19.6. The van der Waals surface area contributed by atoms with Crippen LogP contribution in [0.15, 0.2) is 84.1 Å². The Morgan fingerprint density at radius 3 is 2.47 bits per heavy atom. The first-order valence-corrected chi connectivity index (χ1v) is 23.9. The maximum atomic E-state index is 13.9. The molecule has 62 heavy (non-hydrogen) atoms. The lowest BCUT2D eigenvalue weighted by Crippen LogP contribution is -2.59. The maximum absolute atomic E-state index is 13.9. The zero-order chi connectivity index (χ0) is 42.4. The number of nitro groups is 1. The maximum Gasteiger partial charge on any atom is 0.312 e. The minimum Gasteiger partial charge on any atom is -0.455 e. The van der Waals surface area contributed by atoms with Gasteiger partial charge in [-0.15, -0.1) is 0 Å². The molecule has 324 valence electrons. The van der Waals surface area contributed by atoms with Crippen molar-refractivity contribution in [3.05, 3.63) is 106 Å². The SMILES string of the molecule is O=C(NS(=O)(=O)c1cnc(NCC2CCCCC2)c([N+](=O)[O-])c1)c1ccc(N2CC3(CCC(N4CCC[C@@H]4c4ccccc4C4CC4)CC3)C2)cc1Oc1cnc2[nH]ccc2c1. The molecule has 5 fully saturated rings. The monoisotopic (exact) mass is 858 g/mol. The molecule has 3 saturated carbocycles. The Kier molecular flexibility index (Phi) is 10.9. The van der Waals surface area contributed by atoms with Crippen LogP contribution in [0.25, 0.3) is 11.0 Å². The topological polar surface area (TPSA) is 176 Å². The van der Waals surface area contributed by atoms with Crippen LogP contribution in [0.3, 0.4) is 0 Å². The van der Waals surface area contributed by atoms with Gasteiger partial charge in [-0.25, -0.2) is 23.1 Å². The minimum absolute atomic E-state index is 0.00326. The molecular formula is C47H54N8O6S. The van der Waals surface area contributed by atoms with Crippen molar-refractivity contribution in [2.75, 3.05) is 36.4 Å². The van der Waals surface area contributed by atoms with Crippen molar-refractivity contribution in [1.29, 1.82) is 0 Å². The van der Waals surface area contributed by atoms with Gasteiger partial charge < -0.3 is 19.9 Å². The Morgan fingerprint density at radius 2 is 1.69 bits per heavy atom. The number of carbonyl (C=O) groups is 1. The number of aromatic amines is 1. The first kappa shape index (κ1) is 40.5. The van der Waals surface area contributed by atoms with Crippen LogP contribution in [0.2, 0.25) is 0 Å². The van der Waals surface area contributed by atoms with Crippen molar-refractivity contribution in [3.63, 3.8) is 0 Å². The average Bonchev–Trinajstić information content (AvgIpc) is 3.81. The fourth-order valence-corrected chi connectivity index (χ4v) is 11.7. The molecule has 10 rings (SSSR count). The fraction of sp³-hybridized carbons (Fsp3) is 0.468. The van der Waals surface area contributed by atoms with E-state index in [1.54, 1.807) is 41.7 Å². The highest BCUT2D eigenvalue weighted by Gasteiger charge is 2.47. The molecule has 0 bridgehead atoms. The first-order valence-electron chi connectivity index (χ1n) is 22.4. The summed E-state index contributed by atoms with van der Waals surface area (Å²) in [5.74, 6) is 0.706. The van der Waals surface area contributed by atoms with Crippen LogP contribution in [-0.4, -0.2) is 71.3 Å². The van der Waals surface area contributed by atoms with Gasteiger partial charge in [-0.3, -0.25) is 19.8 Å². The number of likely N-dealkylation sites (tertiary alicyclic amines) is 1. The Morgan fingerprint density at radius 1 is 0.903 bits per heavy atom. The highest BCUT2D eigenvalue weighted by atomic mass is 32.2. The Bertz CT molecular complexity index is 2590. The van der Waals surface area contributed by atoms with Crippen molar-refractivity contribution in [2.24, 2.45) is 11.3 Å². The molecule has 5 aliphatic rings. The number of pyridine rings is 2. The molecule has 5 aromatic rings. The van der Waals surface area contributed by atoms with Crippen LogP contribution in [-0.2, 0) is 10.0 Å². The largest absolute Gasteiger partial charge is 0.455 e. The molecule has 2 aromatic carbocycles. The molecule has 2 saturated heterocycles. The second-order valence-electron chi connectivity index (χ2n) is 18.4. The predicted octanol–water partition coefficient (Wildman–Crippen LogP) is 9.23. The summed E-state index contributed by atoms with van der Waals surface area (Å²) in [6, 6.07) is 20.1. The number of hydrogen-bond acceptors (Lipinski definition) is 11. The first-order chi connectivity index (χ1) is 30.1. The summed E-state index contributed by atoms with van der Waals surface area (Å²) in [4.78, 5) is 41.6. The van der Waals surface area contributed by atoms with Crippen LogP contribution in [0.5, 0.6) is 11.5 Å². The van der Waals surface area contributed by atoms with E-state index in [-0.39, 0.29) is 22.5 Å². The van der Waals surface area contributed by atoms with Crippen molar-refractivity contribution >= 4 is 44.2 Å². The van der Waals surface area contributed by atoms with Gasteiger partial charge in [-0.1, -0.05) is 43.5 Å². The summed E-state index contributed by atoms with van der Waals surface area (Å²) >= 11 is 0. The third-order valence-electron chi connectivity index (χ3n) is 14.2. The molecule has 14 nitrogen and oxygen atoms in total. The van der Waals surface area contributed by atoms with E-state index in [2.05, 4.69) is 59.1 Å². The van der Waals surface area contributed by atoms with Crippen molar-refractivity contribution in [2.45, 2.75) is 106 Å². The van der Waals surface area contributed by atoms with Gasteiger partial charge in [0.25, 0.3) is 15.9 Å². The van der Waals surface area contributed by atoms with E-state index in [0.717, 1.165) is 80.9 Å². The second kappa shape index (κ2) is 16.6. The zero-order valence-electron chi connectivity index (χ0n) is 34.9. The number of H-pyrrole nitrogens is 1. The summed E-state index contributed by atoms with van der Waals surface area (Å²) in [7, 11) is -4.58. The van der Waals surface area contributed by atoms with Gasteiger partial charge in [-0.2, -0.15) is 0 Å². The normalized spacial score (nSPS) is 20.9. The molecule has 2 aliphatic heterocycles. The highest BCUT2D eigenvalue weighted by molar-refractivity contribution is 7.90. The minimum atomic E-state index is -4.58. The van der Waals surface area contributed by atoms with Gasteiger partial charge >= 0.3 is 5.69 Å². The van der Waals surface area contributed by atoms with E-state index in [1.165, 1.54) is 51.5 Å². The van der Waals surface area contributed by atoms with E-state index >= 15 is 0 Å². The molecule has 1 amide bonds. The van der Waals surface area contributed by atoms with Gasteiger partial charge in [0.2, 0.25) is 5.82 Å². The van der Waals surface area contributed by atoms with Crippen LogP contribution in [0.1, 0.15) is 117 Å². The number of hydrogen-bond donors (Lipinski definition) is 3. The Labute approximate surface area is 362 Å². The molecule has 1 spiro atoms. The van der Waals surface area contributed by atoms with Crippen LogP contribution >= 0.6 is 0 Å². The zero-order valence-corrected chi connectivity index (χ0v) is 35.7. The number of nitrogens with zero attached hydrogens (tertiary/aromatic N) is 5. The number of rotatable bonds is 13. The van der Waals surface area contributed by atoms with Gasteiger partial charge in [0, 0.05) is 66.5 Å². The highest BCUT2D eigenvalue weighted by Crippen LogP contribution is 2.51. The van der Waals surface area contributed by atoms with Gasteiger partial charge in [0.1, 0.15) is 22.0 Å². The molecule has 15 heteroatoms. The van der Waals surface area contributed by atoms with Gasteiger partial charge in [0.05, 0.1) is 22.9 Å². The van der Waals surface area contributed by atoms with Crippen LogP contribution in [0.4, 0.5) is 17.2 Å². The molecule has 3 N–H and O–H groups in total. The van der Waals surface area contributed by atoms with Gasteiger partial charge in [0.15, 0.2) is 0 Å². The third kappa shape index (κ3) is 8.24. The number of fused-ring (bicyclic) bond motifs is 1. The van der Waals surface area contributed by atoms with Crippen molar-refractivity contribution < 1.29 is 22.9 Å². The van der Waals surface area contributed by atoms with E-state index in [4.69, 9.17) is 4.74 Å². The lowest BCUT2D eigenvalue weighted by atomic mass is 9.67. The lowest BCUT2D eigenvalue weighted by molar-refractivity contribution is -0.384. The molecule has 1 atom stereocenters. The smallest absolute Gasteiger partial charge is 0.312 e. The number of anilines is 2. The standard InChI is InChI=1S/C47H54N8O6S/c56-46(52-62(59,60)37-25-42(55(57)58)45(51-28-37)49-26-31-7-2-1-3-8-31)40-15-14-35(24-43(40)61-36-23-33-18-21-48-44(33)50-27-36)53-29-47(30-53)19-16-34(17-20-47)54-22-6-11-41(54)39-10-5-4-9-38(39)32-12-13-32/h4-5,9-10,14-15,18,21,23-25,27-28,31-32,34,41H,1-3,6-8,11-13,16-17,19-20,22,26,29-30H2,(H,48,50)(H,49,51)(H,52,56)/t41-/m1/s1. The number of nitrogens with one attached hydrogen (secondary N) is 3. The number of carbonyl (C=O) groups excluding carboxylic acids is 1. The van der Waals surface area contributed by atoms with E-state index < -0.39 is 31.4 Å². The summed E-state index contributed by atoms with van der Waals surface area (Å²) in [6.45, 7) is 3.46. The molecular weight excluding hydrogens is 805 g/mol. The quantitative estimate of drug-likeness (QED) is 0.0760. The molecule has 3 aliphatic carbocycles. The number of amides is 1. The van der Waals surface area contributed by atoms with Crippen LogP contribution in [0, 0.1) is 21.4 Å². The fourth-order valence-electron chi connectivity index (χ4n) is 10.8.